The lowest BCUT2D eigenvalue weighted by molar-refractivity contribution is 0.0685. The third-order valence-corrected chi connectivity index (χ3v) is 7.47. The number of amides is 1. The Morgan fingerprint density at radius 3 is 2.34 bits per heavy atom. The Labute approximate surface area is 187 Å². The van der Waals surface area contributed by atoms with Crippen molar-refractivity contribution in [2.45, 2.75) is 25.3 Å². The summed E-state index contributed by atoms with van der Waals surface area (Å²) in [5, 5.41) is 3.96. The minimum atomic E-state index is -3.58. The molecule has 0 unspecified atom stereocenters. The number of aromatic nitrogens is 1. The maximum atomic E-state index is 13.1. The van der Waals surface area contributed by atoms with Crippen molar-refractivity contribution in [1.29, 1.82) is 0 Å². The smallest absolute Gasteiger partial charge is 0.276 e. The van der Waals surface area contributed by atoms with Crippen molar-refractivity contribution >= 4 is 15.9 Å². The number of nitrogens with zero attached hydrogens (tertiary/aromatic N) is 3. The molecule has 168 valence electrons. The Morgan fingerprint density at radius 1 is 1.00 bits per heavy atom. The van der Waals surface area contributed by atoms with Crippen LogP contribution >= 0.6 is 0 Å². The Balaban J connectivity index is 1.43. The van der Waals surface area contributed by atoms with Crippen LogP contribution in [-0.2, 0) is 16.6 Å². The van der Waals surface area contributed by atoms with E-state index in [0.29, 0.717) is 11.3 Å². The first-order valence-corrected chi connectivity index (χ1v) is 11.8. The largest absolute Gasteiger partial charge is 0.488 e. The van der Waals surface area contributed by atoms with Gasteiger partial charge in [-0.05, 0) is 37.6 Å². The first-order chi connectivity index (χ1) is 15.4. The summed E-state index contributed by atoms with van der Waals surface area (Å²) < 4.78 is 38.2. The number of benzene rings is 2. The maximum Gasteiger partial charge on any atom is 0.276 e. The number of carbonyl (C=O) groups is 1. The number of para-hydroxylation sites is 1. The second-order valence-electron chi connectivity index (χ2n) is 7.63. The number of aryl methyl sites for hydroxylation is 2. The topological polar surface area (TPSA) is 93.0 Å². The number of carbonyl (C=O) groups excluding carboxylic acids is 1. The number of piperazine rings is 1. The highest BCUT2D eigenvalue weighted by molar-refractivity contribution is 7.89. The molecule has 1 aliphatic rings. The normalized spacial score (nSPS) is 15.0. The molecule has 4 rings (SSSR count). The third-order valence-electron chi connectivity index (χ3n) is 5.56. The SMILES string of the molecule is Cc1ccccc1OCc1c(C(=O)N2CCN(S(=O)(=O)c3ccccc3)CC2)noc1C. The van der Waals surface area contributed by atoms with Crippen molar-refractivity contribution in [3.63, 3.8) is 0 Å². The van der Waals surface area contributed by atoms with Crippen molar-refractivity contribution in [3.8, 4) is 5.75 Å². The van der Waals surface area contributed by atoms with Gasteiger partial charge in [0.2, 0.25) is 10.0 Å². The van der Waals surface area contributed by atoms with Gasteiger partial charge in [0.1, 0.15) is 18.1 Å². The predicted molar refractivity (Wildman–Crippen MR) is 118 cm³/mol. The van der Waals surface area contributed by atoms with Crippen LogP contribution in [0.1, 0.15) is 27.4 Å². The molecule has 0 saturated carbocycles. The van der Waals surface area contributed by atoms with Crippen LogP contribution in [0.15, 0.2) is 64.0 Å². The summed E-state index contributed by atoms with van der Waals surface area (Å²) in [7, 11) is -3.58. The van der Waals surface area contributed by atoms with Gasteiger partial charge in [-0.25, -0.2) is 8.42 Å². The molecule has 0 N–H and O–H groups in total. The number of ether oxygens (including phenoxy) is 1. The highest BCUT2D eigenvalue weighted by Gasteiger charge is 2.32. The van der Waals surface area contributed by atoms with E-state index in [1.165, 1.54) is 4.31 Å². The van der Waals surface area contributed by atoms with Crippen LogP contribution in [0.2, 0.25) is 0 Å². The van der Waals surface area contributed by atoms with Crippen LogP contribution in [0, 0.1) is 13.8 Å². The van der Waals surface area contributed by atoms with E-state index in [1.54, 1.807) is 42.2 Å². The molecule has 0 atom stereocenters. The van der Waals surface area contributed by atoms with Crippen LogP contribution < -0.4 is 4.74 Å². The Bertz CT molecular complexity index is 1200. The fraction of sp³-hybridized carbons (Fsp3) is 0.304. The number of rotatable bonds is 6. The van der Waals surface area contributed by atoms with Gasteiger partial charge in [0, 0.05) is 26.2 Å². The molecule has 9 heteroatoms. The van der Waals surface area contributed by atoms with E-state index in [1.807, 2.05) is 31.2 Å². The van der Waals surface area contributed by atoms with E-state index in [4.69, 9.17) is 9.26 Å². The molecule has 0 radical (unpaired) electrons. The van der Waals surface area contributed by atoms with Gasteiger partial charge >= 0.3 is 0 Å². The summed E-state index contributed by atoms with van der Waals surface area (Å²) in [6.45, 7) is 4.83. The zero-order chi connectivity index (χ0) is 22.7. The van der Waals surface area contributed by atoms with Crippen LogP contribution in [0.3, 0.4) is 0 Å². The Hall–Kier alpha value is -3.17. The van der Waals surface area contributed by atoms with Crippen molar-refractivity contribution in [2.24, 2.45) is 0 Å². The molecule has 1 aromatic heterocycles. The van der Waals surface area contributed by atoms with E-state index in [2.05, 4.69) is 5.16 Å². The van der Waals surface area contributed by atoms with Crippen LogP contribution in [0.4, 0.5) is 0 Å². The molecule has 32 heavy (non-hydrogen) atoms. The minimum absolute atomic E-state index is 0.156. The fourth-order valence-electron chi connectivity index (χ4n) is 3.62. The number of hydrogen-bond donors (Lipinski definition) is 0. The summed E-state index contributed by atoms with van der Waals surface area (Å²) in [5.74, 6) is 0.959. The molecule has 1 saturated heterocycles. The molecule has 1 amide bonds. The van der Waals surface area contributed by atoms with Gasteiger partial charge in [-0.1, -0.05) is 41.6 Å². The monoisotopic (exact) mass is 455 g/mol. The lowest BCUT2D eigenvalue weighted by atomic mass is 10.1. The summed E-state index contributed by atoms with van der Waals surface area (Å²) in [6, 6.07) is 15.9. The quantitative estimate of drug-likeness (QED) is 0.567. The summed E-state index contributed by atoms with van der Waals surface area (Å²) in [5.41, 5.74) is 1.79. The molecule has 2 aromatic carbocycles. The van der Waals surface area contributed by atoms with Gasteiger partial charge in [0.05, 0.1) is 10.5 Å². The van der Waals surface area contributed by atoms with E-state index in [0.717, 1.165) is 11.3 Å². The predicted octanol–water partition coefficient (Wildman–Crippen LogP) is 3.02. The second kappa shape index (κ2) is 9.13. The van der Waals surface area contributed by atoms with Gasteiger partial charge in [0.15, 0.2) is 5.69 Å². The van der Waals surface area contributed by atoms with Gasteiger partial charge in [-0.2, -0.15) is 4.31 Å². The number of hydrogen-bond acceptors (Lipinski definition) is 6. The van der Waals surface area contributed by atoms with Crippen molar-refractivity contribution in [1.82, 2.24) is 14.4 Å². The Kier molecular flexibility index (Phi) is 6.29. The molecule has 0 bridgehead atoms. The van der Waals surface area contributed by atoms with Crippen LogP contribution in [0.25, 0.3) is 0 Å². The molecule has 1 aliphatic heterocycles. The van der Waals surface area contributed by atoms with Crippen LogP contribution in [0.5, 0.6) is 5.75 Å². The van der Waals surface area contributed by atoms with Gasteiger partial charge < -0.3 is 14.2 Å². The average molecular weight is 456 g/mol. The van der Waals surface area contributed by atoms with Crippen molar-refractivity contribution in [2.75, 3.05) is 26.2 Å². The summed E-state index contributed by atoms with van der Waals surface area (Å²) >= 11 is 0. The van der Waals surface area contributed by atoms with E-state index in [9.17, 15) is 13.2 Å². The lowest BCUT2D eigenvalue weighted by Crippen LogP contribution is -2.50. The molecule has 0 aliphatic carbocycles. The van der Waals surface area contributed by atoms with E-state index in [-0.39, 0.29) is 49.3 Å². The highest BCUT2D eigenvalue weighted by atomic mass is 32.2. The molecular formula is C23H25N3O5S. The molecule has 3 aromatic rings. The second-order valence-corrected chi connectivity index (χ2v) is 9.57. The fourth-order valence-corrected chi connectivity index (χ4v) is 5.06. The first kappa shape index (κ1) is 22.0. The van der Waals surface area contributed by atoms with E-state index >= 15 is 0 Å². The van der Waals surface area contributed by atoms with Gasteiger partial charge in [-0.3, -0.25) is 4.79 Å². The molecular weight excluding hydrogens is 430 g/mol. The van der Waals surface area contributed by atoms with Crippen molar-refractivity contribution < 1.29 is 22.5 Å². The molecule has 0 spiro atoms. The third kappa shape index (κ3) is 4.39. The maximum absolute atomic E-state index is 13.1. The average Bonchev–Trinajstić information content (AvgIpc) is 3.19. The zero-order valence-electron chi connectivity index (χ0n) is 18.0. The standard InChI is InChI=1S/C23H25N3O5S/c1-17-8-6-7-11-21(17)30-16-20-18(2)31-24-22(20)23(27)25-12-14-26(15-13-25)32(28,29)19-9-4-3-5-10-19/h3-11H,12-16H2,1-2H3. The summed E-state index contributed by atoms with van der Waals surface area (Å²) in [4.78, 5) is 15.0. The molecule has 8 nitrogen and oxygen atoms in total. The lowest BCUT2D eigenvalue weighted by Gasteiger charge is -2.33. The van der Waals surface area contributed by atoms with Gasteiger partial charge in [-0.15, -0.1) is 0 Å². The highest BCUT2D eigenvalue weighted by Crippen LogP contribution is 2.23. The minimum Gasteiger partial charge on any atom is -0.488 e. The van der Waals surface area contributed by atoms with Crippen molar-refractivity contribution in [3.05, 3.63) is 77.2 Å². The summed E-state index contributed by atoms with van der Waals surface area (Å²) in [6.07, 6.45) is 0. The number of sulfonamides is 1. The molecule has 1 fully saturated rings. The molecule has 2 heterocycles. The first-order valence-electron chi connectivity index (χ1n) is 10.4. The van der Waals surface area contributed by atoms with E-state index < -0.39 is 10.0 Å². The zero-order valence-corrected chi connectivity index (χ0v) is 18.8. The Morgan fingerprint density at radius 2 is 1.66 bits per heavy atom. The van der Waals surface area contributed by atoms with Crippen LogP contribution in [-0.4, -0.2) is 54.9 Å². The van der Waals surface area contributed by atoms with Gasteiger partial charge in [0.25, 0.3) is 5.91 Å².